The number of benzene rings is 1. The Morgan fingerprint density at radius 3 is 2.26 bits per heavy atom. The number of amides is 3. The lowest BCUT2D eigenvalue weighted by molar-refractivity contribution is -0.162. The molecular formula is C27H28FN3O3. The molecule has 1 aromatic carbocycles. The molecule has 1 aromatic heterocycles. The summed E-state index contributed by atoms with van der Waals surface area (Å²) in [6.07, 6.45) is 9.63. The quantitative estimate of drug-likeness (QED) is 0.629. The van der Waals surface area contributed by atoms with Crippen molar-refractivity contribution in [3.05, 3.63) is 60.2 Å². The van der Waals surface area contributed by atoms with Crippen molar-refractivity contribution >= 4 is 23.4 Å². The van der Waals surface area contributed by atoms with Crippen LogP contribution in [0.15, 0.2) is 48.8 Å². The van der Waals surface area contributed by atoms with Crippen molar-refractivity contribution in [3.8, 4) is 0 Å². The Balaban J connectivity index is 1.34. The molecule has 2 heterocycles. The lowest BCUT2D eigenvalue weighted by Gasteiger charge is -2.56. The molecule has 7 rings (SSSR count). The number of anilines is 1. The van der Waals surface area contributed by atoms with Crippen LogP contribution in [0.2, 0.25) is 0 Å². The molecule has 4 aliphatic carbocycles. The van der Waals surface area contributed by atoms with Crippen LogP contribution < -0.4 is 4.90 Å². The summed E-state index contributed by atoms with van der Waals surface area (Å²) >= 11 is 0. The van der Waals surface area contributed by atoms with E-state index in [2.05, 4.69) is 4.98 Å². The van der Waals surface area contributed by atoms with Crippen LogP contribution in [0.1, 0.15) is 50.5 Å². The Labute approximate surface area is 198 Å². The van der Waals surface area contributed by atoms with Gasteiger partial charge in [0.1, 0.15) is 11.9 Å². The van der Waals surface area contributed by atoms with Gasteiger partial charge < -0.3 is 4.90 Å². The Morgan fingerprint density at radius 2 is 1.68 bits per heavy atom. The van der Waals surface area contributed by atoms with Crippen LogP contribution in [0.3, 0.4) is 0 Å². The number of rotatable bonds is 5. The van der Waals surface area contributed by atoms with Crippen molar-refractivity contribution in [2.75, 3.05) is 4.90 Å². The summed E-state index contributed by atoms with van der Waals surface area (Å²) in [4.78, 5) is 47.8. The molecule has 0 spiro atoms. The summed E-state index contributed by atoms with van der Waals surface area (Å²) in [6, 6.07) is 8.17. The first kappa shape index (κ1) is 21.4. The van der Waals surface area contributed by atoms with E-state index in [0.29, 0.717) is 23.4 Å². The minimum absolute atomic E-state index is 0.0163. The van der Waals surface area contributed by atoms with Crippen LogP contribution in [-0.4, -0.2) is 33.6 Å². The second-order valence-corrected chi connectivity index (χ2v) is 10.8. The fourth-order valence-corrected chi connectivity index (χ4v) is 7.41. The Morgan fingerprint density at radius 1 is 1.03 bits per heavy atom. The number of aromatic nitrogens is 1. The smallest absolute Gasteiger partial charge is 0.257 e. The number of nitrogens with zero attached hydrogens (tertiary/aromatic N) is 3. The summed E-state index contributed by atoms with van der Waals surface area (Å²) in [5, 5.41) is 0. The molecule has 4 bridgehead atoms. The summed E-state index contributed by atoms with van der Waals surface area (Å²) < 4.78 is 13.4. The van der Waals surface area contributed by atoms with E-state index in [1.807, 2.05) is 12.1 Å². The predicted molar refractivity (Wildman–Crippen MR) is 123 cm³/mol. The van der Waals surface area contributed by atoms with E-state index in [-0.39, 0.29) is 24.8 Å². The molecule has 34 heavy (non-hydrogen) atoms. The van der Waals surface area contributed by atoms with Gasteiger partial charge in [-0.05, 0) is 92.2 Å². The summed E-state index contributed by atoms with van der Waals surface area (Å²) in [6.45, 7) is 0.245. The lowest BCUT2D eigenvalue weighted by atomic mass is 9.49. The second kappa shape index (κ2) is 8.00. The highest BCUT2D eigenvalue weighted by Gasteiger charge is 2.57. The average Bonchev–Trinajstić information content (AvgIpc) is 3.11. The number of halogens is 1. The van der Waals surface area contributed by atoms with Gasteiger partial charge in [0, 0.05) is 18.9 Å². The van der Waals surface area contributed by atoms with E-state index in [4.69, 9.17) is 0 Å². The van der Waals surface area contributed by atoms with Crippen LogP contribution in [0.5, 0.6) is 0 Å². The van der Waals surface area contributed by atoms with Crippen LogP contribution in [0.25, 0.3) is 0 Å². The third kappa shape index (κ3) is 3.53. The third-order valence-corrected chi connectivity index (χ3v) is 8.41. The van der Waals surface area contributed by atoms with Crippen LogP contribution >= 0.6 is 0 Å². The Kier molecular flexibility index (Phi) is 5.04. The maximum absolute atomic E-state index is 14.3. The number of carbonyl (C=O) groups is 3. The van der Waals surface area contributed by atoms with E-state index in [9.17, 15) is 18.8 Å². The topological polar surface area (TPSA) is 70.6 Å². The van der Waals surface area contributed by atoms with Crippen molar-refractivity contribution < 1.29 is 18.8 Å². The predicted octanol–water partition coefficient (Wildman–Crippen LogP) is 4.10. The van der Waals surface area contributed by atoms with Crippen LogP contribution in [0, 0.1) is 29.0 Å². The van der Waals surface area contributed by atoms with Gasteiger partial charge in [-0.25, -0.2) is 9.29 Å². The van der Waals surface area contributed by atoms with E-state index in [1.54, 1.807) is 17.3 Å². The first-order valence-electron chi connectivity index (χ1n) is 12.2. The van der Waals surface area contributed by atoms with E-state index in [1.165, 1.54) is 43.5 Å². The second-order valence-electron chi connectivity index (χ2n) is 10.8. The van der Waals surface area contributed by atoms with Crippen molar-refractivity contribution in [1.29, 1.82) is 0 Å². The number of hydrogen-bond donors (Lipinski definition) is 0. The molecule has 2 aromatic rings. The Hall–Kier alpha value is -3.09. The van der Waals surface area contributed by atoms with E-state index in [0.717, 1.165) is 29.7 Å². The van der Waals surface area contributed by atoms with Gasteiger partial charge in [-0.3, -0.25) is 19.4 Å². The zero-order chi connectivity index (χ0) is 23.4. The number of imide groups is 1. The number of carbonyl (C=O) groups excluding carboxylic acids is 3. The monoisotopic (exact) mass is 461 g/mol. The summed E-state index contributed by atoms with van der Waals surface area (Å²) in [7, 11) is 0. The van der Waals surface area contributed by atoms with Gasteiger partial charge in [0.2, 0.25) is 11.8 Å². The lowest BCUT2D eigenvalue weighted by Crippen LogP contribution is -2.57. The maximum Gasteiger partial charge on any atom is 0.257 e. The molecule has 6 nitrogen and oxygen atoms in total. The van der Waals surface area contributed by atoms with Crippen molar-refractivity contribution in [1.82, 2.24) is 9.88 Å². The molecule has 0 N–H and O–H groups in total. The first-order chi connectivity index (χ1) is 16.4. The molecule has 1 saturated heterocycles. The zero-order valence-electron chi connectivity index (χ0n) is 19.0. The molecule has 176 valence electrons. The fraction of sp³-hybridized carbons (Fsp3) is 0.481. The molecule has 1 atom stereocenters. The summed E-state index contributed by atoms with van der Waals surface area (Å²) in [5.74, 6) is 0.568. The zero-order valence-corrected chi connectivity index (χ0v) is 19.0. The Bertz CT molecular complexity index is 1100. The molecular weight excluding hydrogens is 433 g/mol. The number of hydrogen-bond acceptors (Lipinski definition) is 4. The molecule has 3 amide bonds. The van der Waals surface area contributed by atoms with Crippen LogP contribution in [0.4, 0.5) is 10.1 Å². The van der Waals surface area contributed by atoms with Crippen molar-refractivity contribution in [2.45, 2.75) is 57.5 Å². The van der Waals surface area contributed by atoms with E-state index < -0.39 is 23.2 Å². The van der Waals surface area contributed by atoms with Gasteiger partial charge in [0.15, 0.2) is 0 Å². The maximum atomic E-state index is 14.3. The standard InChI is InChI=1S/C27H28FN3O3/c28-21-3-5-22(6-4-21)31-24(32)11-23(25(31)33)30(16-17-2-1-7-29-15-17)26(34)27-12-18-8-19(13-27)10-20(9-18)14-27/h1-7,15,18-20,23H,8-14,16H2. The van der Waals surface area contributed by atoms with E-state index >= 15 is 0 Å². The molecule has 1 unspecified atom stereocenters. The first-order valence-corrected chi connectivity index (χ1v) is 12.2. The minimum Gasteiger partial charge on any atom is -0.325 e. The van der Waals surface area contributed by atoms with Gasteiger partial charge >= 0.3 is 0 Å². The highest BCUT2D eigenvalue weighted by molar-refractivity contribution is 6.23. The SMILES string of the molecule is O=C1CC(N(Cc2cccnc2)C(=O)C23CC4CC(CC(C4)C2)C3)C(=O)N1c1ccc(F)cc1. The largest absolute Gasteiger partial charge is 0.325 e. The average molecular weight is 462 g/mol. The number of pyridine rings is 1. The summed E-state index contributed by atoms with van der Waals surface area (Å²) in [5.41, 5.74) is 0.743. The molecule has 1 aliphatic heterocycles. The molecule has 0 radical (unpaired) electrons. The van der Waals surface area contributed by atoms with Gasteiger partial charge in [-0.2, -0.15) is 0 Å². The van der Waals surface area contributed by atoms with Gasteiger partial charge in [0.25, 0.3) is 5.91 Å². The normalized spacial score (nSPS) is 31.9. The molecule has 7 heteroatoms. The highest BCUT2D eigenvalue weighted by atomic mass is 19.1. The van der Waals surface area contributed by atoms with Crippen molar-refractivity contribution in [3.63, 3.8) is 0 Å². The van der Waals surface area contributed by atoms with Crippen LogP contribution in [-0.2, 0) is 20.9 Å². The van der Waals surface area contributed by atoms with Crippen molar-refractivity contribution in [2.24, 2.45) is 23.2 Å². The van der Waals surface area contributed by atoms with Gasteiger partial charge in [0.05, 0.1) is 17.5 Å². The van der Waals surface area contributed by atoms with Gasteiger partial charge in [-0.15, -0.1) is 0 Å². The molecule has 5 fully saturated rings. The minimum atomic E-state index is -0.863. The third-order valence-electron chi connectivity index (χ3n) is 8.41. The highest BCUT2D eigenvalue weighted by Crippen LogP contribution is 2.60. The molecule has 5 aliphatic rings. The molecule has 4 saturated carbocycles. The van der Waals surface area contributed by atoms with Gasteiger partial charge in [-0.1, -0.05) is 6.07 Å². The fourth-order valence-electron chi connectivity index (χ4n) is 7.41.